The predicted octanol–water partition coefficient (Wildman–Crippen LogP) is 2.78. The lowest BCUT2D eigenvalue weighted by Crippen LogP contribution is -2.67. The largest absolute Gasteiger partial charge is 0.406 e. The number of aromatic nitrogens is 1. The second-order valence-electron chi connectivity index (χ2n) is 11.5. The molecule has 13 heteroatoms. The molecule has 2 atom stereocenters. The lowest BCUT2D eigenvalue weighted by Gasteiger charge is -2.45. The first-order valence-electron chi connectivity index (χ1n) is 13.5. The fourth-order valence-electron chi connectivity index (χ4n) is 5.04. The third-order valence-corrected chi connectivity index (χ3v) is 7.20. The maximum absolute atomic E-state index is 13.9. The number of urea groups is 1. The van der Waals surface area contributed by atoms with Gasteiger partial charge in [-0.05, 0) is 17.7 Å². The molecule has 2 aliphatic heterocycles. The second kappa shape index (κ2) is 12.1. The molecule has 2 unspecified atom stereocenters. The Kier molecular flexibility index (Phi) is 8.90. The van der Waals surface area contributed by atoms with Gasteiger partial charge in [0.15, 0.2) is 0 Å². The number of nitrogens with one attached hydrogen (secondary N) is 1. The van der Waals surface area contributed by atoms with Crippen molar-refractivity contribution in [1.82, 2.24) is 25.0 Å². The Morgan fingerprint density at radius 1 is 1.05 bits per heavy atom. The average molecular weight is 590 g/mol. The van der Waals surface area contributed by atoms with Crippen LogP contribution in [0.1, 0.15) is 32.0 Å². The zero-order valence-electron chi connectivity index (χ0n) is 23.7. The number of pyridine rings is 1. The number of rotatable bonds is 9. The Balaban J connectivity index is 1.61. The number of hydrogen-bond donors (Lipinski definition) is 1. The quantitative estimate of drug-likeness (QED) is 0.451. The van der Waals surface area contributed by atoms with Gasteiger partial charge in [-0.25, -0.2) is 4.79 Å². The summed E-state index contributed by atoms with van der Waals surface area (Å²) < 4.78 is 45.9. The van der Waals surface area contributed by atoms with Crippen molar-refractivity contribution in [3.63, 3.8) is 0 Å². The van der Waals surface area contributed by atoms with Crippen LogP contribution >= 0.6 is 0 Å². The minimum atomic E-state index is -4.81. The first kappa shape index (κ1) is 30.9. The number of fused-ring (bicyclic) bond motifs is 1. The summed E-state index contributed by atoms with van der Waals surface area (Å²) in [6, 6.07) is 11.9. The van der Waals surface area contributed by atoms with Gasteiger partial charge in [0.25, 0.3) is 5.91 Å². The predicted molar refractivity (Wildman–Crippen MR) is 145 cm³/mol. The molecule has 2 saturated heterocycles. The number of carbonyl (C=O) groups excluding carboxylic acids is 4. The molecule has 0 bridgehead atoms. The number of piperazine rings is 1. The number of hydrogen-bond acceptors (Lipinski definition) is 6. The summed E-state index contributed by atoms with van der Waals surface area (Å²) in [6.07, 6.45) is -3.53. The van der Waals surface area contributed by atoms with Crippen molar-refractivity contribution in [3.8, 4) is 0 Å². The van der Waals surface area contributed by atoms with Gasteiger partial charge in [-0.3, -0.25) is 24.3 Å². The van der Waals surface area contributed by atoms with Crippen molar-refractivity contribution in [2.75, 3.05) is 32.8 Å². The third kappa shape index (κ3) is 6.89. The van der Waals surface area contributed by atoms with E-state index in [-0.39, 0.29) is 44.2 Å². The molecule has 1 N–H and O–H groups in total. The lowest BCUT2D eigenvalue weighted by molar-refractivity contribution is -0.157. The molecule has 42 heavy (non-hydrogen) atoms. The van der Waals surface area contributed by atoms with Crippen LogP contribution in [0.5, 0.6) is 0 Å². The number of nitrogens with zero attached hydrogens (tertiary/aromatic N) is 4. The highest BCUT2D eigenvalue weighted by Crippen LogP contribution is 2.36. The maximum Gasteiger partial charge on any atom is 0.406 e. The van der Waals surface area contributed by atoms with Gasteiger partial charge in [0.05, 0.1) is 19.8 Å². The summed E-state index contributed by atoms with van der Waals surface area (Å²) in [5.41, 5.74) is -1.40. The van der Waals surface area contributed by atoms with Crippen LogP contribution in [0.4, 0.5) is 18.0 Å². The summed E-state index contributed by atoms with van der Waals surface area (Å²) in [5.74, 6) is -2.03. The van der Waals surface area contributed by atoms with E-state index in [4.69, 9.17) is 4.74 Å². The Morgan fingerprint density at radius 3 is 2.36 bits per heavy atom. The molecule has 5 amide bonds. The summed E-state index contributed by atoms with van der Waals surface area (Å²) in [7, 11) is 0. The fraction of sp³-hybridized carbons (Fsp3) is 0.483. The second-order valence-corrected chi connectivity index (χ2v) is 11.5. The summed E-state index contributed by atoms with van der Waals surface area (Å²) >= 11 is 0. The van der Waals surface area contributed by atoms with E-state index in [9.17, 15) is 32.3 Å². The number of ether oxygens (including phenoxy) is 1. The van der Waals surface area contributed by atoms with Crippen molar-refractivity contribution >= 4 is 23.8 Å². The third-order valence-electron chi connectivity index (χ3n) is 7.20. The molecule has 0 spiro atoms. The molecule has 3 heterocycles. The first-order valence-corrected chi connectivity index (χ1v) is 13.5. The molecule has 4 rings (SSSR count). The van der Waals surface area contributed by atoms with Gasteiger partial charge in [-0.2, -0.15) is 13.2 Å². The van der Waals surface area contributed by atoms with Gasteiger partial charge >= 0.3 is 12.2 Å². The highest BCUT2D eigenvalue weighted by Gasteiger charge is 2.61. The number of amides is 5. The minimum Gasteiger partial charge on any atom is -0.374 e. The zero-order valence-corrected chi connectivity index (χ0v) is 23.7. The van der Waals surface area contributed by atoms with Crippen LogP contribution < -0.4 is 5.32 Å². The number of imide groups is 1. The zero-order chi connectivity index (χ0) is 30.7. The van der Waals surface area contributed by atoms with Crippen LogP contribution in [-0.4, -0.2) is 94.0 Å². The Bertz CT molecular complexity index is 1300. The van der Waals surface area contributed by atoms with Gasteiger partial charge in [0.1, 0.15) is 18.1 Å². The van der Waals surface area contributed by atoms with Crippen molar-refractivity contribution < 1.29 is 37.1 Å². The smallest absolute Gasteiger partial charge is 0.374 e. The molecule has 10 nitrogen and oxygen atoms in total. The standard InChI is InChI=1S/C29H34F3N5O5/c1-27(2,3)24(39)34-22(17-42-16-20-9-5-4-6-10-20)23(38)35-13-14-37-26(41)36(19-29(30,31)32)25(40)28(37,18-35)15-21-11-7-8-12-33-21/h4-12,22H,13-19H2,1-3H3,(H,34,39). The molecular formula is C29H34F3N5O5. The van der Waals surface area contributed by atoms with Crippen LogP contribution in [-0.2, 0) is 32.1 Å². The van der Waals surface area contributed by atoms with Crippen molar-refractivity contribution in [2.24, 2.45) is 5.41 Å². The van der Waals surface area contributed by atoms with E-state index in [1.165, 1.54) is 11.1 Å². The van der Waals surface area contributed by atoms with Crippen LogP contribution in [0.2, 0.25) is 0 Å². The first-order chi connectivity index (χ1) is 19.7. The summed E-state index contributed by atoms with van der Waals surface area (Å²) in [4.78, 5) is 60.3. The van der Waals surface area contributed by atoms with E-state index in [0.29, 0.717) is 5.69 Å². The Morgan fingerprint density at radius 2 is 1.74 bits per heavy atom. The van der Waals surface area contributed by atoms with Gasteiger partial charge < -0.3 is 19.9 Å². The van der Waals surface area contributed by atoms with Gasteiger partial charge in [0.2, 0.25) is 11.8 Å². The van der Waals surface area contributed by atoms with Crippen molar-refractivity contribution in [3.05, 3.63) is 66.0 Å². The molecule has 2 fully saturated rings. The summed E-state index contributed by atoms with van der Waals surface area (Å²) in [5, 5.41) is 2.73. The number of benzene rings is 1. The van der Waals surface area contributed by atoms with E-state index >= 15 is 0 Å². The van der Waals surface area contributed by atoms with Crippen LogP contribution in [0, 0.1) is 5.41 Å². The van der Waals surface area contributed by atoms with Crippen LogP contribution in [0.3, 0.4) is 0 Å². The molecule has 0 radical (unpaired) electrons. The highest BCUT2D eigenvalue weighted by molar-refractivity contribution is 6.08. The van der Waals surface area contributed by atoms with E-state index in [1.807, 2.05) is 30.3 Å². The average Bonchev–Trinajstić information content (AvgIpc) is 3.12. The number of carbonyl (C=O) groups is 4. The molecule has 2 aromatic rings. The molecule has 2 aliphatic rings. The molecule has 0 aliphatic carbocycles. The van der Waals surface area contributed by atoms with E-state index in [1.54, 1.807) is 39.0 Å². The monoisotopic (exact) mass is 589 g/mol. The number of halogens is 3. The van der Waals surface area contributed by atoms with Gasteiger partial charge in [-0.15, -0.1) is 0 Å². The summed E-state index contributed by atoms with van der Waals surface area (Å²) in [6.45, 7) is 2.71. The SMILES string of the molecule is CC(C)(C)C(=O)NC(COCc1ccccc1)C(=O)N1CCN2C(=O)N(CC(F)(F)F)C(=O)C2(Cc2ccccn2)C1. The van der Waals surface area contributed by atoms with Crippen LogP contribution in [0.15, 0.2) is 54.7 Å². The van der Waals surface area contributed by atoms with E-state index in [0.717, 1.165) is 10.5 Å². The molecule has 0 saturated carbocycles. The van der Waals surface area contributed by atoms with E-state index < -0.39 is 53.5 Å². The normalized spacial score (nSPS) is 20.0. The Labute approximate surface area is 241 Å². The van der Waals surface area contributed by atoms with Gasteiger partial charge in [-0.1, -0.05) is 57.2 Å². The lowest BCUT2D eigenvalue weighted by atomic mass is 9.88. The maximum atomic E-state index is 13.9. The Hall–Kier alpha value is -4.00. The molecule has 1 aromatic carbocycles. The number of alkyl halides is 3. The fourth-order valence-corrected chi connectivity index (χ4v) is 5.04. The van der Waals surface area contributed by atoms with Gasteiger partial charge in [0, 0.05) is 36.8 Å². The minimum absolute atomic E-state index is 0.0533. The topological polar surface area (TPSA) is 112 Å². The molecule has 1 aromatic heterocycles. The molecular weight excluding hydrogens is 555 g/mol. The highest BCUT2D eigenvalue weighted by atomic mass is 19.4. The van der Waals surface area contributed by atoms with Crippen LogP contribution in [0.25, 0.3) is 0 Å². The van der Waals surface area contributed by atoms with Crippen molar-refractivity contribution in [1.29, 1.82) is 0 Å². The molecule has 226 valence electrons. The van der Waals surface area contributed by atoms with E-state index in [2.05, 4.69) is 10.3 Å². The van der Waals surface area contributed by atoms with Crippen molar-refractivity contribution in [2.45, 2.75) is 51.6 Å².